The van der Waals surface area contributed by atoms with E-state index in [4.69, 9.17) is 23.4 Å². The molecule has 0 aliphatic carbocycles. The zero-order valence-electron chi connectivity index (χ0n) is 32.0. The molecular weight excluding hydrogens is 629 g/mol. The molecule has 7 heteroatoms. The maximum atomic E-state index is 11.1. The SMILES string of the molecule is C=CC[C@H](OCc1ccc(OC)cc1)/C(C)=C/[C@H](CC)[C@@H](O)C#C/C(C)=C/C[C@H](O[Si](C)(C)C(C)(C)C)[C@@H](C)OCc1ccc(OC)cc1. The second-order valence-corrected chi connectivity index (χ2v) is 19.0. The average Bonchev–Trinajstić information content (AvgIpc) is 3.08. The monoisotopic (exact) mass is 690 g/mol. The number of benzene rings is 2. The van der Waals surface area contributed by atoms with Gasteiger partial charge in [0.1, 0.15) is 17.6 Å². The third-order valence-corrected chi connectivity index (χ3v) is 13.9. The van der Waals surface area contributed by atoms with E-state index >= 15 is 0 Å². The third-order valence-electron chi connectivity index (χ3n) is 9.37. The molecule has 0 spiro atoms. The van der Waals surface area contributed by atoms with Gasteiger partial charge in [0, 0.05) is 5.92 Å². The van der Waals surface area contributed by atoms with Crippen molar-refractivity contribution in [2.45, 2.75) is 123 Å². The highest BCUT2D eigenvalue weighted by Crippen LogP contribution is 2.38. The van der Waals surface area contributed by atoms with Crippen molar-refractivity contribution in [3.8, 4) is 23.3 Å². The molecule has 0 saturated carbocycles. The van der Waals surface area contributed by atoms with Gasteiger partial charge in [-0.2, -0.15) is 0 Å². The molecule has 6 nitrogen and oxygen atoms in total. The molecule has 0 unspecified atom stereocenters. The standard InChI is InChI=1S/C42H62O6Si/c1-13-15-40(47-30-35-20-24-38(45-10)25-21-35)32(4)28-36(14-2)39(43)26-16-31(3)17-27-41(48-49(11,12)42(6,7)8)33(5)46-29-34-18-22-37(44-9)23-19-34/h13,17-25,28,33,36,39-41,43H,1,14-15,27,29-30H2,2-12H3/b31-17+,32-28+/t33-,36+,39+,40+,41+/m1/s1. The van der Waals surface area contributed by atoms with Crippen LogP contribution in [0.5, 0.6) is 11.5 Å². The summed E-state index contributed by atoms with van der Waals surface area (Å²) in [5, 5.41) is 11.2. The zero-order chi connectivity index (χ0) is 36.6. The quantitative estimate of drug-likeness (QED) is 0.0900. The van der Waals surface area contributed by atoms with E-state index in [2.05, 4.69) is 85.2 Å². The van der Waals surface area contributed by atoms with Crippen LogP contribution in [-0.2, 0) is 27.1 Å². The lowest BCUT2D eigenvalue weighted by Gasteiger charge is -2.40. The van der Waals surface area contributed by atoms with Gasteiger partial charge in [-0.25, -0.2) is 0 Å². The molecule has 1 N–H and O–H groups in total. The van der Waals surface area contributed by atoms with Gasteiger partial charge in [0.15, 0.2) is 8.32 Å². The molecule has 49 heavy (non-hydrogen) atoms. The predicted molar refractivity (Wildman–Crippen MR) is 205 cm³/mol. The fourth-order valence-electron chi connectivity index (χ4n) is 4.92. The molecular formula is C42H62O6Si. The van der Waals surface area contributed by atoms with E-state index in [0.29, 0.717) is 26.1 Å². The van der Waals surface area contributed by atoms with Gasteiger partial charge in [-0.05, 0) is 105 Å². The van der Waals surface area contributed by atoms with E-state index in [0.717, 1.165) is 40.2 Å². The smallest absolute Gasteiger partial charge is 0.192 e. The Morgan fingerprint density at radius 2 is 1.43 bits per heavy atom. The lowest BCUT2D eigenvalue weighted by molar-refractivity contribution is -0.0277. The third kappa shape index (κ3) is 14.3. The maximum absolute atomic E-state index is 11.1. The van der Waals surface area contributed by atoms with Gasteiger partial charge in [0.05, 0.1) is 45.7 Å². The molecule has 0 bridgehead atoms. The Labute approximate surface area is 298 Å². The summed E-state index contributed by atoms with van der Waals surface area (Å²) in [4.78, 5) is 0. The summed E-state index contributed by atoms with van der Waals surface area (Å²) in [6.45, 7) is 24.4. The van der Waals surface area contributed by atoms with Gasteiger partial charge in [0.2, 0.25) is 0 Å². The van der Waals surface area contributed by atoms with E-state index < -0.39 is 14.4 Å². The first-order chi connectivity index (χ1) is 23.1. The molecule has 0 saturated heterocycles. The van der Waals surface area contributed by atoms with E-state index in [1.165, 1.54) is 0 Å². The largest absolute Gasteiger partial charge is 0.497 e. The summed E-state index contributed by atoms with van der Waals surface area (Å²) >= 11 is 0. The first-order valence-corrected chi connectivity index (χ1v) is 20.4. The van der Waals surface area contributed by atoms with Gasteiger partial charge < -0.3 is 28.5 Å². The summed E-state index contributed by atoms with van der Waals surface area (Å²) < 4.78 is 30.1. The van der Waals surface area contributed by atoms with Crippen molar-refractivity contribution < 1.29 is 28.5 Å². The number of ether oxygens (including phenoxy) is 4. The number of rotatable bonds is 19. The summed E-state index contributed by atoms with van der Waals surface area (Å²) in [6, 6.07) is 15.8. The van der Waals surface area contributed by atoms with Crippen LogP contribution in [0.1, 0.15) is 78.9 Å². The van der Waals surface area contributed by atoms with Crippen LogP contribution in [-0.4, -0.2) is 52.1 Å². The normalized spacial score (nSPS) is 15.8. The van der Waals surface area contributed by atoms with Gasteiger partial charge >= 0.3 is 0 Å². The number of methoxy groups -OCH3 is 2. The van der Waals surface area contributed by atoms with Gasteiger partial charge in [-0.3, -0.25) is 0 Å². The highest BCUT2D eigenvalue weighted by atomic mass is 28.4. The van der Waals surface area contributed by atoms with Crippen molar-refractivity contribution in [1.82, 2.24) is 0 Å². The first-order valence-electron chi connectivity index (χ1n) is 17.5. The summed E-state index contributed by atoms with van der Waals surface area (Å²) in [5.41, 5.74) is 4.11. The number of allylic oxidation sites excluding steroid dienone is 1. The molecule has 0 aliphatic rings. The summed E-state index contributed by atoms with van der Waals surface area (Å²) in [5.74, 6) is 7.84. The molecule has 0 aromatic heterocycles. The van der Waals surface area contributed by atoms with Crippen molar-refractivity contribution in [3.63, 3.8) is 0 Å². The molecule has 0 amide bonds. The van der Waals surface area contributed by atoms with Crippen LogP contribution in [0.2, 0.25) is 18.1 Å². The van der Waals surface area contributed by atoms with E-state index in [1.54, 1.807) is 14.2 Å². The van der Waals surface area contributed by atoms with Gasteiger partial charge in [-0.15, -0.1) is 6.58 Å². The molecule has 2 aromatic rings. The Kier molecular flexibility index (Phi) is 17.6. The second-order valence-electron chi connectivity index (χ2n) is 14.3. The molecule has 2 rings (SSSR count). The van der Waals surface area contributed by atoms with Crippen molar-refractivity contribution >= 4 is 8.32 Å². The summed E-state index contributed by atoms with van der Waals surface area (Å²) in [6.07, 6.45) is 6.97. The topological polar surface area (TPSA) is 66.4 Å². The number of hydrogen-bond donors (Lipinski definition) is 1. The zero-order valence-corrected chi connectivity index (χ0v) is 33.0. The van der Waals surface area contributed by atoms with Crippen molar-refractivity contribution in [2.75, 3.05) is 14.2 Å². The Balaban J connectivity index is 2.14. The Morgan fingerprint density at radius 1 is 0.898 bits per heavy atom. The van der Waals surface area contributed by atoms with E-state index in [9.17, 15) is 5.11 Å². The summed E-state index contributed by atoms with van der Waals surface area (Å²) in [7, 11) is 1.25. The Hall–Kier alpha value is -3.12. The minimum Gasteiger partial charge on any atom is -0.497 e. The fraction of sp³-hybridized carbons (Fsp3) is 0.524. The number of aliphatic hydroxyl groups is 1. The van der Waals surface area contributed by atoms with Crippen molar-refractivity contribution in [2.24, 2.45) is 5.92 Å². The molecule has 0 fully saturated rings. The van der Waals surface area contributed by atoms with Crippen molar-refractivity contribution in [1.29, 1.82) is 0 Å². The highest BCUT2D eigenvalue weighted by molar-refractivity contribution is 6.74. The van der Waals surface area contributed by atoms with Gasteiger partial charge in [0.25, 0.3) is 0 Å². The Bertz CT molecular complexity index is 1390. The van der Waals surface area contributed by atoms with Crippen LogP contribution < -0.4 is 9.47 Å². The van der Waals surface area contributed by atoms with Crippen LogP contribution in [0.25, 0.3) is 0 Å². The van der Waals surface area contributed by atoms with Crippen LogP contribution in [0, 0.1) is 17.8 Å². The minimum atomic E-state index is -2.07. The Morgan fingerprint density at radius 3 is 1.90 bits per heavy atom. The lowest BCUT2D eigenvalue weighted by Crippen LogP contribution is -2.47. The van der Waals surface area contributed by atoms with Crippen molar-refractivity contribution in [3.05, 3.63) is 95.6 Å². The van der Waals surface area contributed by atoms with Crippen LogP contribution in [0.15, 0.2) is 84.5 Å². The molecule has 5 atom stereocenters. The molecule has 2 aromatic carbocycles. The fourth-order valence-corrected chi connectivity index (χ4v) is 6.32. The van der Waals surface area contributed by atoms with Crippen LogP contribution in [0.3, 0.4) is 0 Å². The average molecular weight is 691 g/mol. The predicted octanol–water partition coefficient (Wildman–Crippen LogP) is 9.83. The van der Waals surface area contributed by atoms with Gasteiger partial charge in [-0.1, -0.05) is 82.0 Å². The van der Waals surface area contributed by atoms with E-state index in [1.807, 2.05) is 61.5 Å². The molecule has 0 aliphatic heterocycles. The van der Waals surface area contributed by atoms with E-state index in [-0.39, 0.29) is 29.3 Å². The first kappa shape index (κ1) is 42.0. The molecule has 270 valence electrons. The maximum Gasteiger partial charge on any atom is 0.192 e. The highest BCUT2D eigenvalue weighted by Gasteiger charge is 2.40. The second kappa shape index (κ2) is 20.5. The number of aliphatic hydroxyl groups excluding tert-OH is 1. The number of hydrogen-bond acceptors (Lipinski definition) is 6. The van der Waals surface area contributed by atoms with Crippen LogP contribution >= 0.6 is 0 Å². The molecule has 0 heterocycles. The molecule has 0 radical (unpaired) electrons. The lowest BCUT2D eigenvalue weighted by atomic mass is 9.94. The van der Waals surface area contributed by atoms with Crippen LogP contribution in [0.4, 0.5) is 0 Å². The minimum absolute atomic E-state index is 0.0653.